The molecule has 2 aromatic rings. The fraction of sp³-hybridized carbons (Fsp3) is 0.375. The second-order valence-electron chi connectivity index (χ2n) is 5.29. The average Bonchev–Trinajstić information content (AvgIpc) is 2.68. The van der Waals surface area contributed by atoms with Gasteiger partial charge in [-0.3, -0.25) is 9.48 Å². The Morgan fingerprint density at radius 1 is 1.29 bits per heavy atom. The van der Waals surface area contributed by atoms with Crippen molar-refractivity contribution >= 4 is 11.6 Å². The van der Waals surface area contributed by atoms with E-state index in [2.05, 4.69) is 10.4 Å². The molecule has 0 unspecified atom stereocenters. The summed E-state index contributed by atoms with van der Waals surface area (Å²) >= 11 is 0. The summed E-state index contributed by atoms with van der Waals surface area (Å²) in [6, 6.07) is 7.38. The molecule has 0 saturated carbocycles. The molecule has 0 aliphatic carbocycles. The molecule has 5 nitrogen and oxygen atoms in total. The van der Waals surface area contributed by atoms with Gasteiger partial charge < -0.3 is 11.1 Å². The highest BCUT2D eigenvalue weighted by atomic mass is 16.1. The molecule has 0 aliphatic heterocycles. The van der Waals surface area contributed by atoms with Crippen molar-refractivity contribution in [1.29, 1.82) is 0 Å². The lowest BCUT2D eigenvalue weighted by molar-refractivity contribution is -0.120. The van der Waals surface area contributed by atoms with E-state index in [4.69, 9.17) is 5.73 Å². The Morgan fingerprint density at radius 3 is 2.52 bits per heavy atom. The molecular formula is C16H22N4O. The number of aryl methyl sites for hydroxylation is 2. The Labute approximate surface area is 125 Å². The maximum absolute atomic E-state index is 11.9. The second kappa shape index (κ2) is 6.43. The van der Waals surface area contributed by atoms with Gasteiger partial charge in [0.05, 0.1) is 12.1 Å². The minimum atomic E-state index is 0.0268. The van der Waals surface area contributed by atoms with E-state index in [9.17, 15) is 4.79 Å². The van der Waals surface area contributed by atoms with Crippen molar-refractivity contribution in [2.45, 2.75) is 26.7 Å². The number of anilines is 1. The van der Waals surface area contributed by atoms with Gasteiger partial charge in [0.25, 0.3) is 0 Å². The van der Waals surface area contributed by atoms with Crippen LogP contribution in [0.15, 0.2) is 24.3 Å². The summed E-state index contributed by atoms with van der Waals surface area (Å²) in [6.45, 7) is 4.67. The molecule has 5 heteroatoms. The molecule has 1 aromatic heterocycles. The van der Waals surface area contributed by atoms with Crippen molar-refractivity contribution in [2.24, 2.45) is 7.05 Å². The highest BCUT2D eigenvalue weighted by Crippen LogP contribution is 2.12. The third-order valence-corrected chi connectivity index (χ3v) is 3.70. The lowest BCUT2D eigenvalue weighted by Crippen LogP contribution is -2.27. The van der Waals surface area contributed by atoms with Crippen LogP contribution in [0.5, 0.6) is 0 Å². The molecule has 1 heterocycles. The van der Waals surface area contributed by atoms with Crippen LogP contribution in [0, 0.1) is 13.8 Å². The number of carbonyl (C=O) groups excluding carboxylic acids is 1. The molecule has 1 amide bonds. The Bertz CT molecular complexity index is 628. The van der Waals surface area contributed by atoms with Crippen molar-refractivity contribution < 1.29 is 4.79 Å². The number of rotatable bonds is 5. The summed E-state index contributed by atoms with van der Waals surface area (Å²) in [6.07, 6.45) is 1.18. The van der Waals surface area contributed by atoms with E-state index in [1.807, 2.05) is 49.8 Å². The number of nitrogens with one attached hydrogen (secondary N) is 1. The molecule has 21 heavy (non-hydrogen) atoms. The van der Waals surface area contributed by atoms with Crippen molar-refractivity contribution in [2.75, 3.05) is 12.3 Å². The first kappa shape index (κ1) is 15.1. The molecule has 0 bridgehead atoms. The van der Waals surface area contributed by atoms with Crippen molar-refractivity contribution in [3.05, 3.63) is 46.8 Å². The molecule has 0 saturated heterocycles. The van der Waals surface area contributed by atoms with Gasteiger partial charge in [-0.1, -0.05) is 12.1 Å². The van der Waals surface area contributed by atoms with Gasteiger partial charge in [-0.25, -0.2) is 0 Å². The summed E-state index contributed by atoms with van der Waals surface area (Å²) in [7, 11) is 1.94. The fourth-order valence-electron chi connectivity index (χ4n) is 2.39. The van der Waals surface area contributed by atoms with E-state index in [0.717, 1.165) is 23.4 Å². The lowest BCUT2D eigenvalue weighted by atomic mass is 10.1. The monoisotopic (exact) mass is 286 g/mol. The largest absolute Gasteiger partial charge is 0.399 e. The quantitative estimate of drug-likeness (QED) is 0.819. The fourth-order valence-corrected chi connectivity index (χ4v) is 2.39. The van der Waals surface area contributed by atoms with Crippen LogP contribution < -0.4 is 11.1 Å². The van der Waals surface area contributed by atoms with Crippen molar-refractivity contribution in [1.82, 2.24) is 15.1 Å². The molecule has 0 aliphatic rings. The van der Waals surface area contributed by atoms with Crippen LogP contribution in [-0.4, -0.2) is 22.2 Å². The van der Waals surface area contributed by atoms with E-state index < -0.39 is 0 Å². The number of nitrogen functional groups attached to an aromatic ring is 1. The zero-order chi connectivity index (χ0) is 15.4. The number of hydrogen-bond acceptors (Lipinski definition) is 3. The maximum Gasteiger partial charge on any atom is 0.224 e. The summed E-state index contributed by atoms with van der Waals surface area (Å²) < 4.78 is 1.88. The van der Waals surface area contributed by atoms with E-state index in [-0.39, 0.29) is 5.91 Å². The summed E-state index contributed by atoms with van der Waals surface area (Å²) in [4.78, 5) is 11.9. The van der Waals surface area contributed by atoms with E-state index >= 15 is 0 Å². The molecule has 112 valence electrons. The molecule has 0 fully saturated rings. The lowest BCUT2D eigenvalue weighted by Gasteiger charge is -2.06. The number of amides is 1. The zero-order valence-corrected chi connectivity index (χ0v) is 12.8. The number of nitrogens with two attached hydrogens (primary N) is 1. The normalized spacial score (nSPS) is 10.6. The van der Waals surface area contributed by atoms with Crippen LogP contribution in [0.4, 0.5) is 5.69 Å². The van der Waals surface area contributed by atoms with Gasteiger partial charge in [0, 0.05) is 25.0 Å². The van der Waals surface area contributed by atoms with E-state index in [1.54, 1.807) is 0 Å². The van der Waals surface area contributed by atoms with Crippen molar-refractivity contribution in [3.63, 3.8) is 0 Å². The zero-order valence-electron chi connectivity index (χ0n) is 12.8. The number of aromatic nitrogens is 2. The first-order chi connectivity index (χ1) is 9.97. The van der Waals surface area contributed by atoms with Gasteiger partial charge in [0.1, 0.15) is 0 Å². The van der Waals surface area contributed by atoms with E-state index in [0.29, 0.717) is 18.7 Å². The molecule has 0 atom stereocenters. The molecule has 3 N–H and O–H groups in total. The Hall–Kier alpha value is -2.30. The van der Waals surface area contributed by atoms with Gasteiger partial charge >= 0.3 is 0 Å². The molecule has 0 spiro atoms. The third kappa shape index (κ3) is 3.84. The van der Waals surface area contributed by atoms with Crippen LogP contribution >= 0.6 is 0 Å². The molecular weight excluding hydrogens is 264 g/mol. The van der Waals surface area contributed by atoms with Gasteiger partial charge in [0.15, 0.2) is 0 Å². The number of nitrogens with zero attached hydrogens (tertiary/aromatic N) is 2. The van der Waals surface area contributed by atoms with Crippen LogP contribution in [0.2, 0.25) is 0 Å². The summed E-state index contributed by atoms with van der Waals surface area (Å²) in [5, 5.41) is 7.33. The van der Waals surface area contributed by atoms with Gasteiger partial charge in [0.2, 0.25) is 5.91 Å². The third-order valence-electron chi connectivity index (χ3n) is 3.70. The number of carbonyl (C=O) groups is 1. The average molecular weight is 286 g/mol. The first-order valence-corrected chi connectivity index (χ1v) is 7.07. The molecule has 1 aromatic carbocycles. The van der Waals surface area contributed by atoms with Crippen LogP contribution in [0.25, 0.3) is 0 Å². The standard InChI is InChI=1S/C16H22N4O/c1-11-15(12(2)20(3)19-11)8-9-18-16(21)10-13-4-6-14(17)7-5-13/h4-7H,8-10,17H2,1-3H3,(H,18,21). The first-order valence-electron chi connectivity index (χ1n) is 7.07. The smallest absolute Gasteiger partial charge is 0.224 e. The molecule has 0 radical (unpaired) electrons. The summed E-state index contributed by atoms with van der Waals surface area (Å²) in [5.74, 6) is 0.0268. The number of hydrogen-bond donors (Lipinski definition) is 2. The number of benzene rings is 1. The van der Waals surface area contributed by atoms with E-state index in [1.165, 1.54) is 5.56 Å². The van der Waals surface area contributed by atoms with Crippen molar-refractivity contribution in [3.8, 4) is 0 Å². The molecule has 2 rings (SSSR count). The van der Waals surface area contributed by atoms with Crippen LogP contribution in [0.3, 0.4) is 0 Å². The topological polar surface area (TPSA) is 72.9 Å². The second-order valence-corrected chi connectivity index (χ2v) is 5.29. The Morgan fingerprint density at radius 2 is 1.95 bits per heavy atom. The van der Waals surface area contributed by atoms with Gasteiger partial charge in [-0.05, 0) is 43.5 Å². The van der Waals surface area contributed by atoms with Crippen LogP contribution in [-0.2, 0) is 24.7 Å². The predicted octanol–water partition coefficient (Wildman–Crippen LogP) is 1.52. The Balaban J connectivity index is 1.83. The minimum Gasteiger partial charge on any atom is -0.399 e. The summed E-state index contributed by atoms with van der Waals surface area (Å²) in [5.41, 5.74) is 10.7. The maximum atomic E-state index is 11.9. The van der Waals surface area contributed by atoms with Crippen LogP contribution in [0.1, 0.15) is 22.5 Å². The highest BCUT2D eigenvalue weighted by molar-refractivity contribution is 5.78. The highest BCUT2D eigenvalue weighted by Gasteiger charge is 2.09. The van der Waals surface area contributed by atoms with Gasteiger partial charge in [-0.15, -0.1) is 0 Å². The minimum absolute atomic E-state index is 0.0268. The van der Waals surface area contributed by atoms with Gasteiger partial charge in [-0.2, -0.15) is 5.10 Å². The SMILES string of the molecule is Cc1nn(C)c(C)c1CCNC(=O)Cc1ccc(N)cc1. The predicted molar refractivity (Wildman–Crippen MR) is 84.0 cm³/mol. The Kier molecular flexibility index (Phi) is 4.62.